The molecule has 1 aliphatic carbocycles. The summed E-state index contributed by atoms with van der Waals surface area (Å²) in [5, 5.41) is 3.61. The van der Waals surface area contributed by atoms with Crippen molar-refractivity contribution in [3.8, 4) is 0 Å². The minimum Gasteiger partial charge on any atom is -0.380 e. The SMILES string of the molecule is COCc1cc(Cl)ccc1NC(=O)N1C[C@@H](C)O[C@@H](C2CC2)C1. The van der Waals surface area contributed by atoms with Gasteiger partial charge in [-0.25, -0.2) is 4.79 Å². The minimum absolute atomic E-state index is 0.0729. The van der Waals surface area contributed by atoms with Crippen LogP contribution in [0.2, 0.25) is 5.02 Å². The van der Waals surface area contributed by atoms with Crippen LogP contribution in [0, 0.1) is 5.92 Å². The summed E-state index contributed by atoms with van der Waals surface area (Å²) >= 11 is 6.02. The van der Waals surface area contributed by atoms with Crippen molar-refractivity contribution in [1.82, 2.24) is 4.90 Å². The summed E-state index contributed by atoms with van der Waals surface area (Å²) in [4.78, 5) is 14.5. The lowest BCUT2D eigenvalue weighted by molar-refractivity contribution is -0.0717. The normalized spacial score (nSPS) is 24.6. The van der Waals surface area contributed by atoms with Crippen LogP contribution < -0.4 is 5.32 Å². The monoisotopic (exact) mass is 338 g/mol. The van der Waals surface area contributed by atoms with Crippen LogP contribution in [0.15, 0.2) is 18.2 Å². The number of anilines is 1. The zero-order valence-electron chi connectivity index (χ0n) is 13.5. The molecule has 0 bridgehead atoms. The highest BCUT2D eigenvalue weighted by Gasteiger charge is 2.38. The predicted molar refractivity (Wildman–Crippen MR) is 89.8 cm³/mol. The number of ether oxygens (including phenoxy) is 2. The van der Waals surface area contributed by atoms with E-state index in [1.54, 1.807) is 13.2 Å². The van der Waals surface area contributed by atoms with Gasteiger partial charge in [0.25, 0.3) is 0 Å². The molecule has 0 unspecified atom stereocenters. The van der Waals surface area contributed by atoms with E-state index in [-0.39, 0.29) is 18.2 Å². The molecule has 1 aromatic rings. The molecule has 1 heterocycles. The molecule has 23 heavy (non-hydrogen) atoms. The maximum Gasteiger partial charge on any atom is 0.322 e. The number of carbonyl (C=O) groups excluding carboxylic acids is 1. The highest BCUT2D eigenvalue weighted by molar-refractivity contribution is 6.30. The van der Waals surface area contributed by atoms with Gasteiger partial charge in [-0.3, -0.25) is 0 Å². The Hall–Kier alpha value is -1.30. The molecule has 0 aromatic heterocycles. The van der Waals surface area contributed by atoms with Crippen LogP contribution in [-0.4, -0.2) is 43.3 Å². The molecule has 1 saturated heterocycles. The Kier molecular flexibility index (Phi) is 5.09. The number of nitrogens with zero attached hydrogens (tertiary/aromatic N) is 1. The number of methoxy groups -OCH3 is 1. The van der Waals surface area contributed by atoms with E-state index < -0.39 is 0 Å². The van der Waals surface area contributed by atoms with E-state index in [9.17, 15) is 4.79 Å². The number of hydrogen-bond donors (Lipinski definition) is 1. The number of carbonyl (C=O) groups is 1. The van der Waals surface area contributed by atoms with Gasteiger partial charge >= 0.3 is 6.03 Å². The first-order chi connectivity index (χ1) is 11.1. The van der Waals surface area contributed by atoms with Gasteiger partial charge in [-0.1, -0.05) is 11.6 Å². The third-order valence-electron chi connectivity index (χ3n) is 4.33. The van der Waals surface area contributed by atoms with Gasteiger partial charge in [0.15, 0.2) is 0 Å². The number of amides is 2. The molecule has 2 amide bonds. The maximum absolute atomic E-state index is 12.6. The fourth-order valence-electron chi connectivity index (χ4n) is 3.03. The number of urea groups is 1. The Bertz CT molecular complexity index is 577. The van der Waals surface area contributed by atoms with Crippen LogP contribution in [0.5, 0.6) is 0 Å². The van der Waals surface area contributed by atoms with E-state index in [1.807, 2.05) is 24.0 Å². The van der Waals surface area contributed by atoms with Crippen LogP contribution in [-0.2, 0) is 16.1 Å². The third kappa shape index (κ3) is 4.16. The molecular weight excluding hydrogens is 316 g/mol. The average molecular weight is 339 g/mol. The molecule has 2 fully saturated rings. The molecular formula is C17H23ClN2O3. The summed E-state index contributed by atoms with van der Waals surface area (Å²) in [7, 11) is 1.62. The summed E-state index contributed by atoms with van der Waals surface area (Å²) < 4.78 is 11.1. The van der Waals surface area contributed by atoms with Crippen molar-refractivity contribution in [3.05, 3.63) is 28.8 Å². The second kappa shape index (κ2) is 7.07. The molecule has 6 heteroatoms. The van der Waals surface area contributed by atoms with Gasteiger partial charge in [-0.05, 0) is 43.9 Å². The summed E-state index contributed by atoms with van der Waals surface area (Å²) in [6.45, 7) is 3.70. The van der Waals surface area contributed by atoms with E-state index in [0.717, 1.165) is 11.3 Å². The van der Waals surface area contributed by atoms with Crippen molar-refractivity contribution in [3.63, 3.8) is 0 Å². The molecule has 1 N–H and O–H groups in total. The molecule has 2 aliphatic rings. The van der Waals surface area contributed by atoms with Crippen molar-refractivity contribution in [2.24, 2.45) is 5.92 Å². The molecule has 126 valence electrons. The molecule has 1 aromatic carbocycles. The summed E-state index contributed by atoms with van der Waals surface area (Å²) in [6, 6.07) is 5.31. The second-order valence-electron chi connectivity index (χ2n) is 6.39. The fraction of sp³-hybridized carbons (Fsp3) is 0.588. The highest BCUT2D eigenvalue weighted by atomic mass is 35.5. The summed E-state index contributed by atoms with van der Waals surface area (Å²) in [5.41, 5.74) is 1.61. The molecule has 1 saturated carbocycles. The lowest BCUT2D eigenvalue weighted by Crippen LogP contribution is -2.51. The third-order valence-corrected chi connectivity index (χ3v) is 4.56. The van der Waals surface area contributed by atoms with Crippen molar-refractivity contribution in [2.75, 3.05) is 25.5 Å². The Morgan fingerprint density at radius 2 is 2.22 bits per heavy atom. The number of benzene rings is 1. The second-order valence-corrected chi connectivity index (χ2v) is 6.83. The number of hydrogen-bond acceptors (Lipinski definition) is 3. The highest BCUT2D eigenvalue weighted by Crippen LogP contribution is 2.36. The van der Waals surface area contributed by atoms with Crippen molar-refractivity contribution in [1.29, 1.82) is 0 Å². The Balaban J connectivity index is 1.68. The van der Waals surface area contributed by atoms with Crippen LogP contribution in [0.25, 0.3) is 0 Å². The van der Waals surface area contributed by atoms with Gasteiger partial charge in [-0.2, -0.15) is 0 Å². The molecule has 5 nitrogen and oxygen atoms in total. The van der Waals surface area contributed by atoms with Gasteiger partial charge in [0.05, 0.1) is 18.8 Å². The standard InChI is InChI=1S/C17H23ClN2O3/c1-11-8-20(9-16(23-11)12-3-4-12)17(21)19-15-6-5-14(18)7-13(15)10-22-2/h5-7,11-12,16H,3-4,8-10H2,1-2H3,(H,19,21)/t11-,16-/m1/s1. The zero-order chi connectivity index (χ0) is 16.4. The van der Waals surface area contributed by atoms with Crippen molar-refractivity contribution < 1.29 is 14.3 Å². The lowest BCUT2D eigenvalue weighted by atomic mass is 10.1. The van der Waals surface area contributed by atoms with E-state index in [4.69, 9.17) is 21.1 Å². The van der Waals surface area contributed by atoms with Crippen LogP contribution >= 0.6 is 11.6 Å². The van der Waals surface area contributed by atoms with Gasteiger partial charge in [-0.15, -0.1) is 0 Å². The first-order valence-corrected chi connectivity index (χ1v) is 8.43. The lowest BCUT2D eigenvalue weighted by Gasteiger charge is -2.37. The average Bonchev–Trinajstić information content (AvgIpc) is 3.34. The predicted octanol–water partition coefficient (Wildman–Crippen LogP) is 3.52. The molecule has 3 rings (SSSR count). The van der Waals surface area contributed by atoms with Crippen molar-refractivity contribution >= 4 is 23.3 Å². The number of rotatable bonds is 4. The number of nitrogens with one attached hydrogen (secondary N) is 1. The van der Waals surface area contributed by atoms with Gasteiger partial charge in [0, 0.05) is 36.5 Å². The minimum atomic E-state index is -0.0922. The zero-order valence-corrected chi connectivity index (χ0v) is 14.3. The van der Waals surface area contributed by atoms with E-state index in [2.05, 4.69) is 5.32 Å². The number of morpholine rings is 1. The Morgan fingerprint density at radius 3 is 2.91 bits per heavy atom. The van der Waals surface area contributed by atoms with Gasteiger partial charge in [0.2, 0.25) is 0 Å². The van der Waals surface area contributed by atoms with E-state index >= 15 is 0 Å². The molecule has 0 radical (unpaired) electrons. The smallest absolute Gasteiger partial charge is 0.322 e. The quantitative estimate of drug-likeness (QED) is 0.913. The maximum atomic E-state index is 12.6. The van der Waals surface area contributed by atoms with E-state index in [1.165, 1.54) is 12.8 Å². The Labute approximate surface area is 141 Å². The van der Waals surface area contributed by atoms with Gasteiger partial charge < -0.3 is 19.7 Å². The first kappa shape index (κ1) is 16.6. The fourth-order valence-corrected chi connectivity index (χ4v) is 3.23. The van der Waals surface area contributed by atoms with Crippen LogP contribution in [0.1, 0.15) is 25.3 Å². The van der Waals surface area contributed by atoms with Crippen molar-refractivity contribution in [2.45, 2.75) is 38.6 Å². The summed E-state index contributed by atoms with van der Waals surface area (Å²) in [5.74, 6) is 0.618. The Morgan fingerprint density at radius 1 is 1.43 bits per heavy atom. The summed E-state index contributed by atoms with van der Waals surface area (Å²) in [6.07, 6.45) is 2.67. The molecule has 0 spiro atoms. The largest absolute Gasteiger partial charge is 0.380 e. The number of halogens is 1. The molecule has 1 aliphatic heterocycles. The van der Waals surface area contributed by atoms with Crippen LogP contribution in [0.4, 0.5) is 10.5 Å². The van der Waals surface area contributed by atoms with Crippen LogP contribution in [0.3, 0.4) is 0 Å². The first-order valence-electron chi connectivity index (χ1n) is 8.05. The van der Waals surface area contributed by atoms with Gasteiger partial charge in [0.1, 0.15) is 0 Å². The molecule has 2 atom stereocenters. The topological polar surface area (TPSA) is 50.8 Å². The van der Waals surface area contributed by atoms with E-state index in [0.29, 0.717) is 30.6 Å².